The van der Waals surface area contributed by atoms with Gasteiger partial charge in [0, 0.05) is 11.8 Å². The summed E-state index contributed by atoms with van der Waals surface area (Å²) >= 11 is 0. The lowest BCUT2D eigenvalue weighted by molar-refractivity contribution is -0.359. The smallest absolute Gasteiger partial charge is 0.314 e. The monoisotopic (exact) mass is 557 g/mol. The molecule has 5 aliphatic rings. The highest BCUT2D eigenvalue weighted by molar-refractivity contribution is 7.97. The van der Waals surface area contributed by atoms with Gasteiger partial charge in [-0.2, -0.15) is 0 Å². The van der Waals surface area contributed by atoms with E-state index < -0.39 is 29.2 Å². The molecule has 1 heterocycles. The number of carbonyl (C=O) groups is 2. The van der Waals surface area contributed by atoms with Gasteiger partial charge in [0.25, 0.3) is 0 Å². The van der Waals surface area contributed by atoms with Crippen molar-refractivity contribution in [3.8, 4) is 5.75 Å². The fourth-order valence-corrected chi connectivity index (χ4v) is 9.62. The summed E-state index contributed by atoms with van der Waals surface area (Å²) in [6.45, 7) is 0.139. The van der Waals surface area contributed by atoms with Crippen molar-refractivity contribution in [2.75, 3.05) is 6.61 Å². The van der Waals surface area contributed by atoms with Gasteiger partial charge in [-0.3, -0.25) is 9.59 Å². The zero-order valence-corrected chi connectivity index (χ0v) is 23.1. The zero-order valence-electron chi connectivity index (χ0n) is 22.2. The number of ether oxygens (including phenoxy) is 3. The molecule has 4 bridgehead atoms. The van der Waals surface area contributed by atoms with Crippen molar-refractivity contribution in [1.82, 2.24) is 0 Å². The summed E-state index contributed by atoms with van der Waals surface area (Å²) in [7, 11) is -0.290. The van der Waals surface area contributed by atoms with Gasteiger partial charge >= 0.3 is 11.9 Å². The van der Waals surface area contributed by atoms with Gasteiger partial charge in [0.15, 0.2) is 14.7 Å². The van der Waals surface area contributed by atoms with E-state index in [9.17, 15) is 14.7 Å². The Labute approximate surface area is 237 Å². The maximum atomic E-state index is 13.1. The first-order valence-corrected chi connectivity index (χ1v) is 15.4. The van der Waals surface area contributed by atoms with Gasteiger partial charge in [-0.1, -0.05) is 36.4 Å². The molecule has 4 aliphatic carbocycles. The average molecular weight is 558 g/mol. The molecule has 40 heavy (non-hydrogen) atoms. The number of rotatable bonds is 6. The molecule has 0 aromatic heterocycles. The first-order valence-electron chi connectivity index (χ1n) is 14.2. The van der Waals surface area contributed by atoms with Crippen LogP contribution < -0.4 is 4.74 Å². The minimum atomic E-state index is -0.939. The predicted octanol–water partition coefficient (Wildman–Crippen LogP) is 5.53. The number of aliphatic hydroxyl groups is 1. The number of hydrogen-bond donors (Lipinski definition) is 1. The third-order valence-corrected chi connectivity index (χ3v) is 11.3. The third-order valence-electron chi connectivity index (χ3n) is 9.06. The molecule has 8 rings (SSSR count). The Morgan fingerprint density at radius 1 is 0.850 bits per heavy atom. The molecule has 3 aromatic rings. The summed E-state index contributed by atoms with van der Waals surface area (Å²) in [5.41, 5.74) is -0.642. The van der Waals surface area contributed by atoms with Crippen molar-refractivity contribution in [2.24, 2.45) is 23.7 Å². The molecule has 5 fully saturated rings. The van der Waals surface area contributed by atoms with Crippen LogP contribution in [0.4, 0.5) is 0 Å². The SMILES string of the molecule is O=C(CC1COC2(OC1=O)C1CC3CC2CC(O)(C3)C1)Oc1ccc([S+](c2ccccc2)c2ccccc2)cc1. The predicted molar refractivity (Wildman–Crippen MR) is 149 cm³/mol. The van der Waals surface area contributed by atoms with Crippen LogP contribution in [0.2, 0.25) is 0 Å². The molecule has 206 valence electrons. The summed E-state index contributed by atoms with van der Waals surface area (Å²) in [5, 5.41) is 10.9. The van der Waals surface area contributed by atoms with E-state index in [1.165, 1.54) is 9.79 Å². The molecule has 3 atom stereocenters. The van der Waals surface area contributed by atoms with Crippen LogP contribution in [0.1, 0.15) is 38.5 Å². The van der Waals surface area contributed by atoms with Crippen LogP contribution in [0, 0.1) is 23.7 Å². The van der Waals surface area contributed by atoms with Crippen LogP contribution in [0.15, 0.2) is 99.6 Å². The maximum Gasteiger partial charge on any atom is 0.314 e. The Hall–Kier alpha value is -3.13. The fourth-order valence-electron chi connectivity index (χ4n) is 7.54. The molecule has 3 unspecified atom stereocenters. The van der Waals surface area contributed by atoms with Crippen LogP contribution in [0.5, 0.6) is 5.75 Å². The maximum absolute atomic E-state index is 13.1. The van der Waals surface area contributed by atoms with E-state index in [2.05, 4.69) is 24.3 Å². The molecule has 6 nitrogen and oxygen atoms in total. The summed E-state index contributed by atoms with van der Waals surface area (Å²) in [5.74, 6) is -1.55. The quantitative estimate of drug-likeness (QED) is 0.244. The van der Waals surface area contributed by atoms with Crippen LogP contribution in [0.25, 0.3) is 0 Å². The molecule has 0 amide bonds. The molecular formula is C33H33O6S+. The number of benzene rings is 3. The molecule has 1 aliphatic heterocycles. The first-order chi connectivity index (χ1) is 19.4. The number of hydrogen-bond acceptors (Lipinski definition) is 6. The molecule has 3 aromatic carbocycles. The van der Waals surface area contributed by atoms with Crippen LogP contribution in [-0.4, -0.2) is 35.0 Å². The largest absolute Gasteiger partial charge is 0.432 e. The summed E-state index contributed by atoms with van der Waals surface area (Å²) in [4.78, 5) is 29.4. The highest BCUT2D eigenvalue weighted by Gasteiger charge is 2.66. The molecule has 0 radical (unpaired) electrons. The molecular weight excluding hydrogens is 524 g/mol. The van der Waals surface area contributed by atoms with Crippen molar-refractivity contribution < 1.29 is 28.9 Å². The van der Waals surface area contributed by atoms with E-state index in [1.807, 2.05) is 60.7 Å². The number of carbonyl (C=O) groups excluding carboxylic acids is 2. The summed E-state index contributed by atoms with van der Waals surface area (Å²) in [6, 6.07) is 28.3. The fraction of sp³-hybridized carbons (Fsp3) is 0.394. The van der Waals surface area contributed by atoms with Crippen molar-refractivity contribution in [2.45, 2.75) is 64.6 Å². The van der Waals surface area contributed by atoms with Crippen molar-refractivity contribution in [1.29, 1.82) is 0 Å². The normalized spacial score (nSPS) is 32.3. The molecule has 1 saturated heterocycles. The average Bonchev–Trinajstić information content (AvgIpc) is 2.95. The van der Waals surface area contributed by atoms with E-state index in [1.54, 1.807) is 0 Å². The Kier molecular flexibility index (Phi) is 6.49. The molecule has 1 spiro atoms. The Balaban J connectivity index is 1.00. The Bertz CT molecular complexity index is 1340. The molecule has 1 N–H and O–H groups in total. The van der Waals surface area contributed by atoms with E-state index >= 15 is 0 Å². The van der Waals surface area contributed by atoms with E-state index in [-0.39, 0.29) is 35.8 Å². The van der Waals surface area contributed by atoms with Gasteiger partial charge in [0.2, 0.25) is 5.79 Å². The molecule has 7 heteroatoms. The second-order valence-corrected chi connectivity index (χ2v) is 13.8. The minimum absolute atomic E-state index is 0.0235. The lowest BCUT2D eigenvalue weighted by Gasteiger charge is -2.63. The van der Waals surface area contributed by atoms with E-state index in [4.69, 9.17) is 14.2 Å². The van der Waals surface area contributed by atoms with Gasteiger partial charge in [-0.05, 0) is 86.6 Å². The minimum Gasteiger partial charge on any atom is -0.432 e. The molecule has 4 saturated carbocycles. The highest BCUT2D eigenvalue weighted by atomic mass is 32.2. The summed E-state index contributed by atoms with van der Waals surface area (Å²) in [6.07, 6.45) is 3.82. The van der Waals surface area contributed by atoms with Crippen molar-refractivity contribution >= 4 is 22.8 Å². The second kappa shape index (κ2) is 10.1. The van der Waals surface area contributed by atoms with Crippen molar-refractivity contribution in [3.05, 3.63) is 84.9 Å². The second-order valence-electron chi connectivity index (χ2n) is 11.8. The van der Waals surface area contributed by atoms with Gasteiger partial charge in [0.05, 0.1) is 35.4 Å². The Morgan fingerprint density at radius 2 is 1.43 bits per heavy atom. The van der Waals surface area contributed by atoms with Crippen molar-refractivity contribution in [3.63, 3.8) is 0 Å². The highest BCUT2D eigenvalue weighted by Crippen LogP contribution is 2.62. The third kappa shape index (κ3) is 4.64. The van der Waals surface area contributed by atoms with Crippen LogP contribution in [-0.2, 0) is 30.0 Å². The van der Waals surface area contributed by atoms with Gasteiger partial charge in [-0.15, -0.1) is 0 Å². The van der Waals surface area contributed by atoms with Crippen LogP contribution >= 0.6 is 0 Å². The lowest BCUT2D eigenvalue weighted by atomic mass is 9.51. The lowest BCUT2D eigenvalue weighted by Crippen LogP contribution is -2.68. The zero-order chi connectivity index (χ0) is 27.3. The Morgan fingerprint density at radius 3 is 1.98 bits per heavy atom. The van der Waals surface area contributed by atoms with Gasteiger partial charge in [-0.25, -0.2) is 0 Å². The summed E-state index contributed by atoms with van der Waals surface area (Å²) < 4.78 is 17.9. The van der Waals surface area contributed by atoms with Crippen LogP contribution in [0.3, 0.4) is 0 Å². The van der Waals surface area contributed by atoms with Gasteiger partial charge in [0.1, 0.15) is 5.75 Å². The van der Waals surface area contributed by atoms with E-state index in [0.717, 1.165) is 24.2 Å². The number of esters is 2. The van der Waals surface area contributed by atoms with Gasteiger partial charge < -0.3 is 19.3 Å². The van der Waals surface area contributed by atoms with E-state index in [0.29, 0.717) is 24.5 Å². The standard InChI is InChI=1S/C33H33O6S/c34-30(17-23-21-37-33(39-31(23)35)24-15-22-16-25(33)20-32(36,18-22)19-24)38-26-11-13-29(14-12-26)40(27-7-3-1-4-8-27)28-9-5-2-6-10-28/h1-14,22-25,36H,15-21H2/q+1. The topological polar surface area (TPSA) is 82.1 Å². The first kappa shape index (κ1) is 25.8.